The van der Waals surface area contributed by atoms with Gasteiger partial charge in [-0.1, -0.05) is 92.7 Å². The molecule has 5 atom stereocenters. The van der Waals surface area contributed by atoms with Crippen molar-refractivity contribution in [3.05, 3.63) is 84.8 Å². The third-order valence-corrected chi connectivity index (χ3v) is 13.4. The Kier molecular flexibility index (Phi) is 14.1. The molecule has 10 nitrogen and oxygen atoms in total. The molecule has 60 heavy (non-hydrogen) atoms. The Morgan fingerprint density at radius 2 is 1.53 bits per heavy atom. The summed E-state index contributed by atoms with van der Waals surface area (Å²) in [6.45, 7) is 21.7. The van der Waals surface area contributed by atoms with E-state index in [4.69, 9.17) is 9.47 Å². The molecule has 10 heteroatoms. The molecule has 6 rings (SSSR count). The SMILES string of the molecule is C=Cc1c2[nH]c(c1C)/C=C1\N/C(=C3\c4[nH]c(c(C)c4C(=O)[C@@H]3C(=O)OC)/C=c3\[nH]/c(c(C=O)c3CC)=C\2)[C@@H](CCC(=O)OCCC(C)CCC[C@H](C)CCCC(C)C)[C@@H]1C. The van der Waals surface area contributed by atoms with Crippen LogP contribution in [0.3, 0.4) is 0 Å². The van der Waals surface area contributed by atoms with Crippen molar-refractivity contribution in [3.8, 4) is 0 Å². The number of carbonyl (C=O) groups is 4. The highest BCUT2D eigenvalue weighted by molar-refractivity contribution is 6.24. The van der Waals surface area contributed by atoms with Gasteiger partial charge in [0.15, 0.2) is 12.1 Å². The number of hydrogen-bond acceptors (Lipinski definition) is 7. The summed E-state index contributed by atoms with van der Waals surface area (Å²) in [5.41, 5.74) is 9.49. The first-order valence-electron chi connectivity index (χ1n) is 22.2. The maximum atomic E-state index is 14.4. The van der Waals surface area contributed by atoms with Crippen molar-refractivity contribution in [1.29, 1.82) is 0 Å². The van der Waals surface area contributed by atoms with Crippen molar-refractivity contribution in [2.75, 3.05) is 13.7 Å². The minimum absolute atomic E-state index is 0.120. The van der Waals surface area contributed by atoms with Crippen LogP contribution < -0.4 is 16.0 Å². The van der Waals surface area contributed by atoms with Crippen LogP contribution in [-0.2, 0) is 25.5 Å². The maximum absolute atomic E-state index is 14.4. The second kappa shape index (κ2) is 19.1. The molecule has 0 saturated carbocycles. The number of esters is 2. The third-order valence-electron chi connectivity index (χ3n) is 13.4. The molecule has 1 fully saturated rings. The first-order chi connectivity index (χ1) is 28.7. The van der Waals surface area contributed by atoms with Crippen molar-refractivity contribution in [2.24, 2.45) is 35.5 Å². The number of methoxy groups -OCH3 is 1. The van der Waals surface area contributed by atoms with E-state index in [1.165, 1.54) is 39.2 Å². The van der Waals surface area contributed by atoms with Crippen LogP contribution in [0.5, 0.6) is 0 Å². The zero-order valence-electron chi connectivity index (χ0n) is 37.3. The fraction of sp³-hybridized carbons (Fsp3) is 0.520. The van der Waals surface area contributed by atoms with Crippen molar-refractivity contribution in [3.63, 3.8) is 0 Å². The van der Waals surface area contributed by atoms with Gasteiger partial charge in [-0.15, -0.1) is 0 Å². The summed E-state index contributed by atoms with van der Waals surface area (Å²) < 4.78 is 11.1. The van der Waals surface area contributed by atoms with Crippen molar-refractivity contribution in [2.45, 2.75) is 120 Å². The Bertz CT molecular complexity index is 2330. The van der Waals surface area contributed by atoms with Gasteiger partial charge < -0.3 is 29.7 Å². The van der Waals surface area contributed by atoms with E-state index in [1.54, 1.807) is 0 Å². The average Bonchev–Trinajstić information content (AvgIpc) is 3.96. The van der Waals surface area contributed by atoms with Crippen molar-refractivity contribution < 1.29 is 28.7 Å². The number of carbonyl (C=O) groups excluding carboxylic acids is 4. The Balaban J connectivity index is 1.33. The summed E-state index contributed by atoms with van der Waals surface area (Å²) in [7, 11) is 1.30. The van der Waals surface area contributed by atoms with Crippen LogP contribution >= 0.6 is 0 Å². The highest BCUT2D eigenvalue weighted by Crippen LogP contribution is 2.48. The first-order valence-corrected chi connectivity index (χ1v) is 22.2. The molecule has 5 heterocycles. The van der Waals surface area contributed by atoms with Crippen LogP contribution in [0.1, 0.15) is 165 Å². The van der Waals surface area contributed by atoms with E-state index < -0.39 is 11.9 Å². The smallest absolute Gasteiger partial charge is 0.321 e. The van der Waals surface area contributed by atoms with Gasteiger partial charge in [0, 0.05) is 74.3 Å². The van der Waals surface area contributed by atoms with E-state index in [9.17, 15) is 19.2 Å². The van der Waals surface area contributed by atoms with Crippen LogP contribution in [-0.4, -0.2) is 52.7 Å². The van der Waals surface area contributed by atoms with Crippen LogP contribution in [0.25, 0.3) is 29.9 Å². The molecule has 0 radical (unpaired) electrons. The molecule has 0 aromatic carbocycles. The number of aromatic amines is 3. The molecule has 2 aliphatic heterocycles. The highest BCUT2D eigenvalue weighted by atomic mass is 16.5. The zero-order chi connectivity index (χ0) is 43.4. The number of ether oxygens (including phenoxy) is 2. The number of rotatable bonds is 18. The molecule has 1 saturated heterocycles. The van der Waals surface area contributed by atoms with Gasteiger partial charge in [0.05, 0.1) is 24.8 Å². The molecule has 3 aromatic heterocycles. The van der Waals surface area contributed by atoms with Crippen LogP contribution in [0.2, 0.25) is 0 Å². The fourth-order valence-electron chi connectivity index (χ4n) is 9.64. The number of H-pyrrole nitrogens is 3. The third kappa shape index (κ3) is 8.98. The molecule has 1 unspecified atom stereocenters. The number of aromatic nitrogens is 3. The maximum Gasteiger partial charge on any atom is 0.321 e. The number of nitrogens with one attached hydrogen (secondary N) is 4. The molecule has 4 N–H and O–H groups in total. The molecule has 8 bridgehead atoms. The Morgan fingerprint density at radius 1 is 0.867 bits per heavy atom. The van der Waals surface area contributed by atoms with Gasteiger partial charge in [0.2, 0.25) is 0 Å². The minimum atomic E-state index is -1.18. The summed E-state index contributed by atoms with van der Waals surface area (Å²) in [6.07, 6.45) is 18.1. The molecule has 3 aliphatic rings. The first kappa shape index (κ1) is 44.4. The van der Waals surface area contributed by atoms with Gasteiger partial charge in [-0.3, -0.25) is 19.2 Å². The second-order valence-electron chi connectivity index (χ2n) is 18.0. The predicted molar refractivity (Wildman–Crippen MR) is 239 cm³/mol. The van der Waals surface area contributed by atoms with E-state index in [0.29, 0.717) is 64.4 Å². The molecule has 322 valence electrons. The van der Waals surface area contributed by atoms with E-state index >= 15 is 0 Å². The van der Waals surface area contributed by atoms with Crippen LogP contribution in [0.15, 0.2) is 18.0 Å². The molecular weight excluding hydrogens is 753 g/mol. The number of hydrogen-bond donors (Lipinski definition) is 4. The number of aldehydes is 1. The van der Waals surface area contributed by atoms with E-state index in [0.717, 1.165) is 75.8 Å². The molecule has 0 amide bonds. The predicted octanol–water partition coefficient (Wildman–Crippen LogP) is 8.85. The number of ketones is 1. The number of Topliss-reactive ketones (excluding diaryl/α,β-unsaturated/α-hetero) is 1. The molecule has 3 aromatic rings. The molecular formula is C50H66N4O6. The van der Waals surface area contributed by atoms with Crippen LogP contribution in [0, 0.1) is 49.4 Å². The normalized spacial score (nSPS) is 22.3. The lowest BCUT2D eigenvalue weighted by Crippen LogP contribution is -2.25. The summed E-state index contributed by atoms with van der Waals surface area (Å²) in [5.74, 6) is -0.793. The fourth-order valence-corrected chi connectivity index (χ4v) is 9.64. The Morgan fingerprint density at radius 3 is 2.18 bits per heavy atom. The van der Waals surface area contributed by atoms with Crippen LogP contribution in [0.4, 0.5) is 0 Å². The molecule has 1 aliphatic carbocycles. The Labute approximate surface area is 355 Å². The van der Waals surface area contributed by atoms with Gasteiger partial charge in [-0.05, 0) is 85.8 Å². The van der Waals surface area contributed by atoms with Gasteiger partial charge in [0.25, 0.3) is 0 Å². The van der Waals surface area contributed by atoms with E-state index in [1.807, 2.05) is 39.0 Å². The summed E-state index contributed by atoms with van der Waals surface area (Å²) in [5, 5.41) is 5.08. The van der Waals surface area contributed by atoms with Gasteiger partial charge in [-0.25, -0.2) is 0 Å². The monoisotopic (exact) mass is 818 g/mol. The number of allylic oxidation sites excluding steroid dienone is 2. The van der Waals surface area contributed by atoms with Crippen molar-refractivity contribution in [1.82, 2.24) is 20.3 Å². The Hall–Kier alpha value is -5.12. The topological polar surface area (TPSA) is 146 Å². The minimum Gasteiger partial charge on any atom is -0.468 e. The second-order valence-corrected chi connectivity index (χ2v) is 18.0. The summed E-state index contributed by atoms with van der Waals surface area (Å²) in [4.78, 5) is 64.5. The zero-order valence-corrected chi connectivity index (χ0v) is 37.3. The lowest BCUT2D eigenvalue weighted by molar-refractivity contribution is -0.144. The van der Waals surface area contributed by atoms with E-state index in [2.05, 4.69) is 67.5 Å². The average molecular weight is 819 g/mol. The lowest BCUT2D eigenvalue weighted by Gasteiger charge is -2.20. The van der Waals surface area contributed by atoms with Crippen molar-refractivity contribution >= 4 is 53.9 Å². The van der Waals surface area contributed by atoms with Gasteiger partial charge in [-0.2, -0.15) is 0 Å². The quantitative estimate of drug-likeness (QED) is 0.0570. The standard InChI is InChI=1S/C50H66N4O6/c1-11-33-30(7)37-23-38-31(8)35(19-20-43(56)60-22-21-29(6)18-14-17-28(5)16-13-15-27(3)4)47(53-38)45-46(50(58)59-10)49(57)44-32(9)39(54-48(44)45)24-41-34(12-2)36(26-55)42(52-41)25-40(33)51-37/h11,23-29,31,35,46,51-54H,1,12-22H2,2-10H3/b38-23-,41-24-,42-25-,47-45-/t28-,29?,31+,35+,46-/m1/s1. The molecule has 0 spiro atoms. The van der Waals surface area contributed by atoms with Gasteiger partial charge >= 0.3 is 11.9 Å². The lowest BCUT2D eigenvalue weighted by atomic mass is 9.85. The number of fused-ring (bicyclic) bond motifs is 7. The highest BCUT2D eigenvalue weighted by Gasteiger charge is 2.48. The summed E-state index contributed by atoms with van der Waals surface area (Å²) in [6, 6.07) is 0. The summed E-state index contributed by atoms with van der Waals surface area (Å²) >= 11 is 0. The van der Waals surface area contributed by atoms with Gasteiger partial charge in [0.1, 0.15) is 5.92 Å². The largest absolute Gasteiger partial charge is 0.468 e. The van der Waals surface area contributed by atoms with E-state index in [-0.39, 0.29) is 30.0 Å².